The van der Waals surface area contributed by atoms with E-state index >= 15 is 0 Å². The van der Waals surface area contributed by atoms with Gasteiger partial charge >= 0.3 is 0 Å². The molecule has 0 bridgehead atoms. The second kappa shape index (κ2) is 4.60. The minimum Gasteiger partial charge on any atom is -0.325 e. The number of rotatable bonds is 2. The molecule has 1 aromatic carbocycles. The van der Waals surface area contributed by atoms with Gasteiger partial charge in [0, 0.05) is 11.4 Å². The zero-order valence-corrected chi connectivity index (χ0v) is 10.2. The van der Waals surface area contributed by atoms with Crippen LogP contribution in [0.2, 0.25) is 0 Å². The molecule has 14 heavy (non-hydrogen) atoms. The number of carbonyl (C=O) groups is 1. The predicted octanol–water partition coefficient (Wildman–Crippen LogP) is 3.53. The Morgan fingerprint density at radius 2 is 2.07 bits per heavy atom. The Bertz CT molecular complexity index is 347. The molecular formula is C11H14BrNO. The molecule has 0 heterocycles. The quantitative estimate of drug-likeness (QED) is 0.861. The minimum atomic E-state index is -0.0528. The smallest absolute Gasteiger partial charge is 0.221 e. The van der Waals surface area contributed by atoms with Gasteiger partial charge in [-0.2, -0.15) is 0 Å². The van der Waals surface area contributed by atoms with E-state index in [-0.39, 0.29) is 5.91 Å². The lowest BCUT2D eigenvalue weighted by atomic mass is 10.0. The molecule has 2 nitrogen and oxygen atoms in total. The summed E-state index contributed by atoms with van der Waals surface area (Å²) in [6.07, 6.45) is 0. The van der Waals surface area contributed by atoms with Gasteiger partial charge in [-0.1, -0.05) is 19.9 Å². The molecule has 1 amide bonds. The maximum atomic E-state index is 10.9. The van der Waals surface area contributed by atoms with E-state index in [2.05, 4.69) is 35.1 Å². The molecule has 0 atom stereocenters. The molecule has 1 aromatic rings. The van der Waals surface area contributed by atoms with Gasteiger partial charge in [0.05, 0.1) is 5.69 Å². The van der Waals surface area contributed by atoms with Crippen LogP contribution in [0.3, 0.4) is 0 Å². The van der Waals surface area contributed by atoms with Gasteiger partial charge < -0.3 is 5.32 Å². The van der Waals surface area contributed by atoms with Gasteiger partial charge in [0.2, 0.25) is 5.91 Å². The van der Waals surface area contributed by atoms with E-state index in [1.807, 2.05) is 18.2 Å². The third-order valence-electron chi connectivity index (χ3n) is 1.97. The zero-order chi connectivity index (χ0) is 10.7. The first-order valence-corrected chi connectivity index (χ1v) is 5.37. The normalized spacial score (nSPS) is 10.4. The molecule has 1 rings (SSSR count). The molecular weight excluding hydrogens is 242 g/mol. The molecule has 3 heteroatoms. The highest BCUT2D eigenvalue weighted by atomic mass is 79.9. The van der Waals surface area contributed by atoms with Crippen molar-refractivity contribution >= 4 is 27.5 Å². The molecule has 76 valence electrons. The van der Waals surface area contributed by atoms with Crippen LogP contribution >= 0.6 is 15.9 Å². The molecule has 0 spiro atoms. The van der Waals surface area contributed by atoms with Crippen LogP contribution in [0.5, 0.6) is 0 Å². The summed E-state index contributed by atoms with van der Waals surface area (Å²) in [5, 5.41) is 2.75. The average molecular weight is 256 g/mol. The van der Waals surface area contributed by atoms with Crippen LogP contribution in [0.4, 0.5) is 5.69 Å². The van der Waals surface area contributed by atoms with Crippen molar-refractivity contribution in [3.05, 3.63) is 28.2 Å². The van der Waals surface area contributed by atoms with Crippen molar-refractivity contribution < 1.29 is 4.79 Å². The fourth-order valence-electron chi connectivity index (χ4n) is 1.18. The van der Waals surface area contributed by atoms with Gasteiger partial charge in [-0.05, 0) is 39.5 Å². The number of anilines is 1. The van der Waals surface area contributed by atoms with Crippen molar-refractivity contribution in [1.29, 1.82) is 0 Å². The Morgan fingerprint density at radius 3 is 2.50 bits per heavy atom. The van der Waals surface area contributed by atoms with E-state index in [0.717, 1.165) is 10.2 Å². The summed E-state index contributed by atoms with van der Waals surface area (Å²) in [5.41, 5.74) is 2.08. The van der Waals surface area contributed by atoms with Gasteiger partial charge in [-0.3, -0.25) is 4.79 Å². The highest BCUT2D eigenvalue weighted by Gasteiger charge is 2.04. The van der Waals surface area contributed by atoms with Crippen molar-refractivity contribution in [2.75, 3.05) is 5.32 Å². The summed E-state index contributed by atoms with van der Waals surface area (Å²) in [6, 6.07) is 5.98. The molecule has 0 aliphatic heterocycles. The largest absolute Gasteiger partial charge is 0.325 e. The first-order chi connectivity index (χ1) is 6.50. The summed E-state index contributed by atoms with van der Waals surface area (Å²) in [5.74, 6) is 0.445. The number of nitrogens with one attached hydrogen (secondary N) is 1. The summed E-state index contributed by atoms with van der Waals surface area (Å²) in [7, 11) is 0. The van der Waals surface area contributed by atoms with Gasteiger partial charge in [0.15, 0.2) is 0 Å². The monoisotopic (exact) mass is 255 g/mol. The van der Waals surface area contributed by atoms with Crippen LogP contribution in [0, 0.1) is 0 Å². The van der Waals surface area contributed by atoms with Crippen molar-refractivity contribution in [1.82, 2.24) is 0 Å². The van der Waals surface area contributed by atoms with Crippen LogP contribution in [0.1, 0.15) is 32.3 Å². The molecule has 0 aliphatic carbocycles. The first-order valence-electron chi connectivity index (χ1n) is 4.57. The van der Waals surface area contributed by atoms with Crippen molar-refractivity contribution in [3.8, 4) is 0 Å². The summed E-state index contributed by atoms with van der Waals surface area (Å²) in [6.45, 7) is 5.78. The van der Waals surface area contributed by atoms with Gasteiger partial charge in [0.25, 0.3) is 0 Å². The van der Waals surface area contributed by atoms with Crippen LogP contribution in [-0.2, 0) is 4.79 Å². The van der Waals surface area contributed by atoms with Gasteiger partial charge in [-0.25, -0.2) is 0 Å². The number of halogens is 1. The second-order valence-electron chi connectivity index (χ2n) is 3.58. The molecule has 0 aliphatic rings. The Kier molecular flexibility index (Phi) is 3.69. The SMILES string of the molecule is CC(=O)Nc1ccc(C(C)C)cc1Br. The van der Waals surface area contributed by atoms with Crippen LogP contribution in [0.25, 0.3) is 0 Å². The summed E-state index contributed by atoms with van der Waals surface area (Å²) >= 11 is 3.43. The van der Waals surface area contributed by atoms with Crippen molar-refractivity contribution in [2.45, 2.75) is 26.7 Å². The third-order valence-corrected chi connectivity index (χ3v) is 2.63. The fraction of sp³-hybridized carbons (Fsp3) is 0.364. The molecule has 0 radical (unpaired) electrons. The molecule has 0 saturated heterocycles. The molecule has 0 unspecified atom stereocenters. The number of benzene rings is 1. The fourth-order valence-corrected chi connectivity index (χ4v) is 1.68. The molecule has 0 aromatic heterocycles. The predicted molar refractivity (Wildman–Crippen MR) is 62.5 cm³/mol. The minimum absolute atomic E-state index is 0.0528. The molecule has 0 saturated carbocycles. The lowest BCUT2D eigenvalue weighted by Gasteiger charge is -2.09. The lowest BCUT2D eigenvalue weighted by molar-refractivity contribution is -0.114. The average Bonchev–Trinajstić information content (AvgIpc) is 2.07. The maximum absolute atomic E-state index is 10.9. The van der Waals surface area contributed by atoms with Crippen LogP contribution in [0.15, 0.2) is 22.7 Å². The van der Waals surface area contributed by atoms with E-state index in [4.69, 9.17) is 0 Å². The Balaban J connectivity index is 2.95. The Morgan fingerprint density at radius 1 is 1.43 bits per heavy atom. The standard InChI is InChI=1S/C11H14BrNO/c1-7(2)9-4-5-11(10(12)6-9)13-8(3)14/h4-7H,1-3H3,(H,13,14). The maximum Gasteiger partial charge on any atom is 0.221 e. The van der Waals surface area contributed by atoms with Crippen LogP contribution < -0.4 is 5.32 Å². The van der Waals surface area contributed by atoms with E-state index in [0.29, 0.717) is 5.92 Å². The van der Waals surface area contributed by atoms with E-state index in [1.165, 1.54) is 12.5 Å². The molecule has 0 fully saturated rings. The number of hydrogen-bond acceptors (Lipinski definition) is 1. The zero-order valence-electron chi connectivity index (χ0n) is 8.60. The second-order valence-corrected chi connectivity index (χ2v) is 4.43. The number of carbonyl (C=O) groups excluding carboxylic acids is 1. The highest BCUT2D eigenvalue weighted by Crippen LogP contribution is 2.26. The van der Waals surface area contributed by atoms with Crippen molar-refractivity contribution in [2.24, 2.45) is 0 Å². The first kappa shape index (κ1) is 11.2. The topological polar surface area (TPSA) is 29.1 Å². The Labute approximate surface area is 92.8 Å². The van der Waals surface area contributed by atoms with Gasteiger partial charge in [0.1, 0.15) is 0 Å². The third kappa shape index (κ3) is 2.84. The lowest BCUT2D eigenvalue weighted by Crippen LogP contribution is -2.06. The number of hydrogen-bond donors (Lipinski definition) is 1. The van der Waals surface area contributed by atoms with Crippen LogP contribution in [-0.4, -0.2) is 5.91 Å². The highest BCUT2D eigenvalue weighted by molar-refractivity contribution is 9.10. The summed E-state index contributed by atoms with van der Waals surface area (Å²) < 4.78 is 0.930. The molecule has 1 N–H and O–H groups in total. The Hall–Kier alpha value is -0.830. The van der Waals surface area contributed by atoms with Gasteiger partial charge in [-0.15, -0.1) is 0 Å². The number of amides is 1. The van der Waals surface area contributed by atoms with E-state index in [1.54, 1.807) is 0 Å². The summed E-state index contributed by atoms with van der Waals surface area (Å²) in [4.78, 5) is 10.9. The van der Waals surface area contributed by atoms with Crippen molar-refractivity contribution in [3.63, 3.8) is 0 Å². The van der Waals surface area contributed by atoms with E-state index < -0.39 is 0 Å². The van der Waals surface area contributed by atoms with E-state index in [9.17, 15) is 4.79 Å².